The summed E-state index contributed by atoms with van der Waals surface area (Å²) < 4.78 is 4.66. The Morgan fingerprint density at radius 1 is 1.29 bits per heavy atom. The van der Waals surface area contributed by atoms with Crippen LogP contribution in [0.25, 0.3) is 0 Å². The van der Waals surface area contributed by atoms with Crippen molar-refractivity contribution in [1.82, 2.24) is 4.90 Å². The number of anilines is 1. The number of fused-ring (bicyclic) bond motifs is 1. The van der Waals surface area contributed by atoms with Gasteiger partial charge in [-0.1, -0.05) is 25.1 Å². The lowest BCUT2D eigenvalue weighted by Crippen LogP contribution is -2.44. The molecule has 0 unspecified atom stereocenters. The maximum absolute atomic E-state index is 12.5. The number of amides is 1. The first-order valence-electron chi connectivity index (χ1n) is 7.33. The van der Waals surface area contributed by atoms with Crippen LogP contribution in [0.5, 0.6) is 0 Å². The first-order chi connectivity index (χ1) is 10.2. The van der Waals surface area contributed by atoms with E-state index in [4.69, 9.17) is 0 Å². The van der Waals surface area contributed by atoms with Crippen molar-refractivity contribution >= 4 is 17.6 Å². The van der Waals surface area contributed by atoms with Crippen molar-refractivity contribution in [3.63, 3.8) is 0 Å². The maximum atomic E-state index is 12.5. The molecule has 1 aromatic carbocycles. The average Bonchev–Trinajstić information content (AvgIpc) is 2.53. The molecule has 0 saturated carbocycles. The zero-order chi connectivity index (χ0) is 15.2. The number of methoxy groups -OCH3 is 1. The van der Waals surface area contributed by atoms with E-state index >= 15 is 0 Å². The van der Waals surface area contributed by atoms with E-state index in [0.29, 0.717) is 6.54 Å². The number of esters is 1. The van der Waals surface area contributed by atoms with Gasteiger partial charge in [-0.2, -0.15) is 0 Å². The number of ether oxygens (including phenoxy) is 1. The first kappa shape index (κ1) is 15.5. The summed E-state index contributed by atoms with van der Waals surface area (Å²) in [7, 11) is 1.36. The summed E-state index contributed by atoms with van der Waals surface area (Å²) >= 11 is 0. The Morgan fingerprint density at radius 2 is 2.05 bits per heavy atom. The Hall–Kier alpha value is -1.88. The fraction of sp³-hybridized carbons (Fsp3) is 0.500. The summed E-state index contributed by atoms with van der Waals surface area (Å²) in [6.45, 7) is 3.69. The zero-order valence-electron chi connectivity index (χ0n) is 12.7. The predicted molar refractivity (Wildman–Crippen MR) is 81.2 cm³/mol. The van der Waals surface area contributed by atoms with Gasteiger partial charge in [0, 0.05) is 12.2 Å². The Labute approximate surface area is 125 Å². The molecular formula is C16H22N2O3. The minimum absolute atomic E-state index is 0.0351. The fourth-order valence-corrected chi connectivity index (χ4v) is 2.60. The van der Waals surface area contributed by atoms with Crippen LogP contribution in [0, 0.1) is 0 Å². The molecule has 0 bridgehead atoms. The first-order valence-corrected chi connectivity index (χ1v) is 7.33. The van der Waals surface area contributed by atoms with Crippen LogP contribution in [0.3, 0.4) is 0 Å². The minimum atomic E-state index is -0.316. The van der Waals surface area contributed by atoms with Gasteiger partial charge in [-0.25, -0.2) is 0 Å². The van der Waals surface area contributed by atoms with Gasteiger partial charge in [0.2, 0.25) is 5.91 Å². The number of hydrogen-bond acceptors (Lipinski definition) is 4. The fourth-order valence-electron chi connectivity index (χ4n) is 2.60. The molecule has 0 saturated heterocycles. The van der Waals surface area contributed by atoms with Gasteiger partial charge in [-0.15, -0.1) is 0 Å². The van der Waals surface area contributed by atoms with Crippen LogP contribution in [-0.4, -0.2) is 50.1 Å². The lowest BCUT2D eigenvalue weighted by Gasteiger charge is -2.31. The third-order valence-corrected chi connectivity index (χ3v) is 3.80. The van der Waals surface area contributed by atoms with Gasteiger partial charge in [0.25, 0.3) is 0 Å². The second kappa shape index (κ2) is 7.22. The van der Waals surface area contributed by atoms with Gasteiger partial charge < -0.3 is 9.64 Å². The summed E-state index contributed by atoms with van der Waals surface area (Å²) in [6, 6.07) is 8.02. The van der Waals surface area contributed by atoms with Gasteiger partial charge >= 0.3 is 5.97 Å². The Bertz CT molecular complexity index is 516. The second-order valence-corrected chi connectivity index (χ2v) is 5.16. The topological polar surface area (TPSA) is 49.9 Å². The quantitative estimate of drug-likeness (QED) is 0.770. The van der Waals surface area contributed by atoms with Crippen molar-refractivity contribution in [3.8, 4) is 0 Å². The van der Waals surface area contributed by atoms with E-state index in [-0.39, 0.29) is 25.0 Å². The van der Waals surface area contributed by atoms with Gasteiger partial charge in [0.05, 0.1) is 20.2 Å². The van der Waals surface area contributed by atoms with Gasteiger partial charge in [0.1, 0.15) is 0 Å². The molecule has 1 heterocycles. The van der Waals surface area contributed by atoms with Gasteiger partial charge in [-0.05, 0) is 31.0 Å². The number of benzene rings is 1. The number of carbonyl (C=O) groups is 2. The van der Waals surface area contributed by atoms with Crippen LogP contribution in [-0.2, 0) is 20.7 Å². The molecule has 0 aliphatic carbocycles. The van der Waals surface area contributed by atoms with E-state index in [0.717, 1.165) is 25.1 Å². The summed E-state index contributed by atoms with van der Waals surface area (Å²) in [5.41, 5.74) is 2.22. The van der Waals surface area contributed by atoms with E-state index in [9.17, 15) is 9.59 Å². The largest absolute Gasteiger partial charge is 0.468 e. The molecule has 5 heteroatoms. The van der Waals surface area contributed by atoms with Crippen LogP contribution < -0.4 is 4.90 Å². The number of hydrogen-bond donors (Lipinski definition) is 0. The lowest BCUT2D eigenvalue weighted by atomic mass is 10.0. The maximum Gasteiger partial charge on any atom is 0.319 e. The Morgan fingerprint density at radius 3 is 2.76 bits per heavy atom. The molecule has 0 spiro atoms. The van der Waals surface area contributed by atoms with E-state index in [1.54, 1.807) is 4.90 Å². The van der Waals surface area contributed by atoms with Crippen molar-refractivity contribution in [2.45, 2.75) is 19.8 Å². The summed E-state index contributed by atoms with van der Waals surface area (Å²) in [5, 5.41) is 0. The molecule has 1 aliphatic heterocycles. The number of aryl methyl sites for hydroxylation is 1. The van der Waals surface area contributed by atoms with Crippen LogP contribution in [0.4, 0.5) is 5.69 Å². The van der Waals surface area contributed by atoms with Crippen molar-refractivity contribution in [2.24, 2.45) is 0 Å². The molecule has 114 valence electrons. The average molecular weight is 290 g/mol. The summed E-state index contributed by atoms with van der Waals surface area (Å²) in [4.78, 5) is 27.5. The molecule has 1 aliphatic rings. The van der Waals surface area contributed by atoms with Crippen LogP contribution >= 0.6 is 0 Å². The normalized spacial score (nSPS) is 14.0. The Kier molecular flexibility index (Phi) is 5.33. The van der Waals surface area contributed by atoms with E-state index in [2.05, 4.69) is 10.8 Å². The monoisotopic (exact) mass is 290 g/mol. The molecule has 2 rings (SSSR count). The standard InChI is InChI=1S/C16H22N2O3/c1-3-17(12-16(20)21-2)11-15(19)18-10-6-8-13-7-4-5-9-14(13)18/h4-5,7,9H,3,6,8,10-12H2,1-2H3. The van der Waals surface area contributed by atoms with Crippen molar-refractivity contribution < 1.29 is 14.3 Å². The Balaban J connectivity index is 2.05. The smallest absolute Gasteiger partial charge is 0.319 e. The molecule has 0 radical (unpaired) electrons. The molecule has 1 aromatic rings. The molecule has 0 aromatic heterocycles. The van der Waals surface area contributed by atoms with E-state index in [1.165, 1.54) is 12.7 Å². The molecule has 0 fully saturated rings. The molecule has 21 heavy (non-hydrogen) atoms. The van der Waals surface area contributed by atoms with Crippen molar-refractivity contribution in [1.29, 1.82) is 0 Å². The zero-order valence-corrected chi connectivity index (χ0v) is 12.7. The number of carbonyl (C=O) groups excluding carboxylic acids is 2. The van der Waals surface area contributed by atoms with E-state index < -0.39 is 0 Å². The highest BCUT2D eigenvalue weighted by molar-refractivity contribution is 5.96. The third-order valence-electron chi connectivity index (χ3n) is 3.80. The molecule has 1 amide bonds. The highest BCUT2D eigenvalue weighted by Gasteiger charge is 2.24. The summed E-state index contributed by atoms with van der Waals surface area (Å²) in [6.07, 6.45) is 1.99. The van der Waals surface area contributed by atoms with E-state index in [1.807, 2.05) is 30.0 Å². The van der Waals surface area contributed by atoms with Crippen molar-refractivity contribution in [3.05, 3.63) is 29.8 Å². The SMILES string of the molecule is CCN(CC(=O)OC)CC(=O)N1CCCc2ccccc21. The predicted octanol–water partition coefficient (Wildman–Crippen LogP) is 1.46. The molecule has 0 atom stereocenters. The molecule has 5 nitrogen and oxygen atoms in total. The minimum Gasteiger partial charge on any atom is -0.468 e. The summed E-state index contributed by atoms with van der Waals surface area (Å²) in [5.74, 6) is -0.281. The highest BCUT2D eigenvalue weighted by Crippen LogP contribution is 2.26. The second-order valence-electron chi connectivity index (χ2n) is 5.16. The molecular weight excluding hydrogens is 268 g/mol. The van der Waals surface area contributed by atoms with Gasteiger partial charge in [0.15, 0.2) is 0 Å². The third kappa shape index (κ3) is 3.82. The van der Waals surface area contributed by atoms with Crippen LogP contribution in [0.1, 0.15) is 18.9 Å². The van der Waals surface area contributed by atoms with Gasteiger partial charge in [-0.3, -0.25) is 14.5 Å². The number of nitrogens with zero attached hydrogens (tertiary/aromatic N) is 2. The molecule has 0 N–H and O–H groups in total. The number of likely N-dealkylation sites (N-methyl/N-ethyl adjacent to an activating group) is 1. The number of rotatable bonds is 5. The number of para-hydroxylation sites is 1. The highest BCUT2D eigenvalue weighted by atomic mass is 16.5. The van der Waals surface area contributed by atoms with Crippen molar-refractivity contribution in [2.75, 3.05) is 38.2 Å². The van der Waals surface area contributed by atoms with Crippen LogP contribution in [0.2, 0.25) is 0 Å². The van der Waals surface area contributed by atoms with Crippen LogP contribution in [0.15, 0.2) is 24.3 Å². The lowest BCUT2D eigenvalue weighted by molar-refractivity contribution is -0.142.